The summed E-state index contributed by atoms with van der Waals surface area (Å²) >= 11 is 1.61. The Labute approximate surface area is 204 Å². The number of anilines is 4. The Hall–Kier alpha value is -3.90. The van der Waals surface area contributed by atoms with E-state index < -0.39 is 0 Å². The molecular weight excluding hydrogens is 438 g/mol. The first kappa shape index (κ1) is 21.9. The molecule has 34 heavy (non-hydrogen) atoms. The van der Waals surface area contributed by atoms with E-state index in [-0.39, 0.29) is 0 Å². The van der Waals surface area contributed by atoms with E-state index in [1.807, 2.05) is 10.8 Å². The first-order chi connectivity index (χ1) is 16.6. The number of imidazole rings is 1. The molecule has 0 bridgehead atoms. The Morgan fingerprint density at radius 1 is 0.912 bits per heavy atom. The zero-order valence-corrected chi connectivity index (χ0v) is 20.4. The standard InChI is InChI=1S/C28H27N5S/c1-4-21-6-5-19(2)15-26(21)30-23-9-12-25(20(3)16-23)31-28-32-27(17-34-28)22-7-10-24(11-8-22)33-14-13-29-18-33/h5-18,30H,4H2,1-3H3,(H,31,32). The third-order valence-electron chi connectivity index (χ3n) is 5.86. The summed E-state index contributed by atoms with van der Waals surface area (Å²) in [5.74, 6) is 0. The van der Waals surface area contributed by atoms with E-state index in [1.165, 1.54) is 16.8 Å². The van der Waals surface area contributed by atoms with Crippen LogP contribution in [-0.2, 0) is 6.42 Å². The molecule has 0 aliphatic heterocycles. The Morgan fingerprint density at radius 3 is 2.50 bits per heavy atom. The summed E-state index contributed by atoms with van der Waals surface area (Å²) in [4.78, 5) is 8.91. The molecular formula is C28H27N5S. The van der Waals surface area contributed by atoms with Crippen molar-refractivity contribution in [3.63, 3.8) is 0 Å². The molecule has 0 aliphatic rings. The van der Waals surface area contributed by atoms with Gasteiger partial charge in [0.15, 0.2) is 5.13 Å². The van der Waals surface area contributed by atoms with Crippen LogP contribution in [0.3, 0.4) is 0 Å². The monoisotopic (exact) mass is 465 g/mol. The number of benzene rings is 3. The molecule has 5 nitrogen and oxygen atoms in total. The maximum Gasteiger partial charge on any atom is 0.187 e. The molecule has 0 spiro atoms. The van der Waals surface area contributed by atoms with Gasteiger partial charge in [0.05, 0.1) is 12.0 Å². The number of hydrogen-bond donors (Lipinski definition) is 2. The normalized spacial score (nSPS) is 10.9. The largest absolute Gasteiger partial charge is 0.355 e. The fourth-order valence-corrected chi connectivity index (χ4v) is 4.68. The number of hydrogen-bond acceptors (Lipinski definition) is 5. The van der Waals surface area contributed by atoms with Crippen LogP contribution >= 0.6 is 11.3 Å². The second kappa shape index (κ2) is 9.53. The Bertz CT molecular complexity index is 1400. The predicted molar refractivity (Wildman–Crippen MR) is 143 cm³/mol. The van der Waals surface area contributed by atoms with Gasteiger partial charge in [0.25, 0.3) is 0 Å². The van der Waals surface area contributed by atoms with E-state index in [2.05, 4.69) is 102 Å². The minimum atomic E-state index is 0.879. The van der Waals surface area contributed by atoms with Gasteiger partial charge in [-0.1, -0.05) is 31.2 Å². The van der Waals surface area contributed by atoms with E-state index in [0.717, 1.165) is 45.4 Å². The van der Waals surface area contributed by atoms with Gasteiger partial charge < -0.3 is 15.2 Å². The molecule has 3 aromatic carbocycles. The van der Waals surface area contributed by atoms with Gasteiger partial charge in [-0.05, 0) is 73.4 Å². The summed E-state index contributed by atoms with van der Waals surface area (Å²) in [5.41, 5.74) is 10.2. The molecule has 2 N–H and O–H groups in total. The number of nitrogens with zero attached hydrogens (tertiary/aromatic N) is 3. The van der Waals surface area contributed by atoms with Crippen molar-refractivity contribution in [3.8, 4) is 16.9 Å². The first-order valence-corrected chi connectivity index (χ1v) is 12.3. The van der Waals surface area contributed by atoms with Crippen LogP contribution in [0.4, 0.5) is 22.2 Å². The smallest absolute Gasteiger partial charge is 0.187 e. The van der Waals surface area contributed by atoms with Crippen molar-refractivity contribution in [1.29, 1.82) is 0 Å². The molecule has 5 rings (SSSR count). The van der Waals surface area contributed by atoms with Crippen LogP contribution in [0.2, 0.25) is 0 Å². The highest BCUT2D eigenvalue weighted by Crippen LogP contribution is 2.31. The van der Waals surface area contributed by atoms with E-state index in [9.17, 15) is 0 Å². The second-order valence-corrected chi connectivity index (χ2v) is 9.21. The van der Waals surface area contributed by atoms with Crippen molar-refractivity contribution in [3.05, 3.63) is 101 Å². The van der Waals surface area contributed by atoms with Crippen molar-refractivity contribution in [2.75, 3.05) is 10.6 Å². The lowest BCUT2D eigenvalue weighted by Gasteiger charge is -2.14. The highest BCUT2D eigenvalue weighted by Gasteiger charge is 2.08. The second-order valence-electron chi connectivity index (χ2n) is 8.35. The van der Waals surface area contributed by atoms with Gasteiger partial charge in [-0.25, -0.2) is 9.97 Å². The van der Waals surface area contributed by atoms with Crippen LogP contribution in [0.1, 0.15) is 23.6 Å². The molecule has 0 unspecified atom stereocenters. The van der Waals surface area contributed by atoms with E-state index in [0.29, 0.717) is 0 Å². The summed E-state index contributed by atoms with van der Waals surface area (Å²) in [6.45, 7) is 6.43. The van der Waals surface area contributed by atoms with Gasteiger partial charge in [-0.3, -0.25) is 0 Å². The van der Waals surface area contributed by atoms with Gasteiger partial charge in [0.1, 0.15) is 0 Å². The van der Waals surface area contributed by atoms with Crippen LogP contribution in [0.15, 0.2) is 84.8 Å². The highest BCUT2D eigenvalue weighted by molar-refractivity contribution is 7.14. The molecule has 2 heterocycles. The highest BCUT2D eigenvalue weighted by atomic mass is 32.1. The van der Waals surface area contributed by atoms with Crippen molar-refractivity contribution in [2.24, 2.45) is 0 Å². The lowest BCUT2D eigenvalue weighted by atomic mass is 10.1. The molecule has 0 saturated heterocycles. The van der Waals surface area contributed by atoms with E-state index in [4.69, 9.17) is 4.98 Å². The third-order valence-corrected chi connectivity index (χ3v) is 6.62. The summed E-state index contributed by atoms with van der Waals surface area (Å²) in [7, 11) is 0. The molecule has 0 atom stereocenters. The minimum Gasteiger partial charge on any atom is -0.355 e. The molecule has 6 heteroatoms. The van der Waals surface area contributed by atoms with Gasteiger partial charge in [-0.2, -0.15) is 0 Å². The molecule has 2 aromatic heterocycles. The first-order valence-electron chi connectivity index (χ1n) is 11.4. The van der Waals surface area contributed by atoms with Crippen LogP contribution in [0.25, 0.3) is 16.9 Å². The minimum absolute atomic E-state index is 0.879. The lowest BCUT2D eigenvalue weighted by molar-refractivity contribution is 1.06. The SMILES string of the molecule is CCc1ccc(C)cc1Nc1ccc(Nc2nc(-c3ccc(-n4ccnc4)cc3)cs2)c(C)c1. The number of nitrogens with one attached hydrogen (secondary N) is 2. The van der Waals surface area contributed by atoms with E-state index >= 15 is 0 Å². The number of aryl methyl sites for hydroxylation is 3. The quantitative estimate of drug-likeness (QED) is 0.259. The predicted octanol–water partition coefficient (Wildman–Crippen LogP) is 7.66. The molecule has 0 amide bonds. The maximum atomic E-state index is 4.80. The third kappa shape index (κ3) is 4.72. The number of aromatic nitrogens is 3. The summed E-state index contributed by atoms with van der Waals surface area (Å²) in [6.07, 6.45) is 6.51. The van der Waals surface area contributed by atoms with Crippen LogP contribution in [0.5, 0.6) is 0 Å². The molecule has 0 radical (unpaired) electrons. The van der Waals surface area contributed by atoms with E-state index in [1.54, 1.807) is 23.9 Å². The molecule has 5 aromatic rings. The van der Waals surface area contributed by atoms with Crippen molar-refractivity contribution >= 4 is 33.5 Å². The molecule has 0 aliphatic carbocycles. The lowest BCUT2D eigenvalue weighted by Crippen LogP contribution is -1.98. The Kier molecular flexibility index (Phi) is 6.14. The molecule has 0 saturated carbocycles. The van der Waals surface area contributed by atoms with Crippen molar-refractivity contribution in [2.45, 2.75) is 27.2 Å². The van der Waals surface area contributed by atoms with Crippen LogP contribution in [0, 0.1) is 13.8 Å². The Morgan fingerprint density at radius 2 is 1.76 bits per heavy atom. The van der Waals surface area contributed by atoms with Crippen LogP contribution in [-0.4, -0.2) is 14.5 Å². The fraction of sp³-hybridized carbons (Fsp3) is 0.143. The maximum absolute atomic E-state index is 4.80. The number of thiazole rings is 1. The van der Waals surface area contributed by atoms with Gasteiger partial charge in [0.2, 0.25) is 0 Å². The van der Waals surface area contributed by atoms with Gasteiger partial charge in [0, 0.05) is 46.1 Å². The molecule has 0 fully saturated rings. The fourth-order valence-electron chi connectivity index (χ4n) is 3.95. The Balaban J connectivity index is 1.29. The number of rotatable bonds is 7. The summed E-state index contributed by atoms with van der Waals surface area (Å²) < 4.78 is 1.99. The van der Waals surface area contributed by atoms with Gasteiger partial charge >= 0.3 is 0 Å². The topological polar surface area (TPSA) is 54.8 Å². The molecule has 170 valence electrons. The summed E-state index contributed by atoms with van der Waals surface area (Å²) in [6, 6.07) is 21.3. The van der Waals surface area contributed by atoms with Crippen LogP contribution < -0.4 is 10.6 Å². The zero-order valence-electron chi connectivity index (χ0n) is 19.5. The van der Waals surface area contributed by atoms with Crippen molar-refractivity contribution in [1.82, 2.24) is 14.5 Å². The van der Waals surface area contributed by atoms with Gasteiger partial charge in [-0.15, -0.1) is 11.3 Å². The van der Waals surface area contributed by atoms with Crippen molar-refractivity contribution < 1.29 is 0 Å². The average Bonchev–Trinajstić information content (AvgIpc) is 3.54. The average molecular weight is 466 g/mol. The summed E-state index contributed by atoms with van der Waals surface area (Å²) in [5, 5.41) is 10.0. The zero-order chi connectivity index (χ0) is 23.5.